The van der Waals surface area contributed by atoms with Gasteiger partial charge in [-0.1, -0.05) is 88.4 Å². The third kappa shape index (κ3) is 7.94. The lowest BCUT2D eigenvalue weighted by atomic mass is 9.87. The molecule has 7 heteroatoms. The summed E-state index contributed by atoms with van der Waals surface area (Å²) in [6, 6.07) is 22.0. The molecule has 224 valence electrons. The van der Waals surface area contributed by atoms with Crippen LogP contribution in [0.3, 0.4) is 0 Å². The Kier molecular flexibility index (Phi) is 9.36. The maximum Gasteiger partial charge on any atom is 0.326 e. The number of fused-ring (bicyclic) bond motifs is 1. The Labute approximate surface area is 258 Å². The van der Waals surface area contributed by atoms with Gasteiger partial charge in [-0.05, 0) is 89.6 Å². The number of hydrogen-bond acceptors (Lipinski definition) is 4. The number of nitrogens with zero attached hydrogens (tertiary/aromatic N) is 1. The molecule has 1 heterocycles. The second kappa shape index (κ2) is 13.2. The smallest absolute Gasteiger partial charge is 0.326 e. The van der Waals surface area contributed by atoms with Crippen LogP contribution in [-0.2, 0) is 23.1 Å². The van der Waals surface area contributed by atoms with E-state index in [1.807, 2.05) is 42.5 Å². The van der Waals surface area contributed by atoms with E-state index >= 15 is 0 Å². The van der Waals surface area contributed by atoms with Crippen LogP contribution in [0.2, 0.25) is 5.02 Å². The molecule has 0 bridgehead atoms. The van der Waals surface area contributed by atoms with Crippen molar-refractivity contribution >= 4 is 34.2 Å². The normalized spacial score (nSPS) is 14.5. The Hall–Kier alpha value is -3.90. The minimum atomic E-state index is -1.08. The zero-order chi connectivity index (χ0) is 30.6. The molecular formula is C36H39ClN2O4. The van der Waals surface area contributed by atoms with Gasteiger partial charge in [-0.2, -0.15) is 0 Å². The number of carbonyl (C=O) groups is 2. The summed E-state index contributed by atoms with van der Waals surface area (Å²) in [5.41, 5.74) is 3.33. The number of ether oxygens (including phenoxy) is 1. The predicted octanol–water partition coefficient (Wildman–Crippen LogP) is 8.53. The van der Waals surface area contributed by atoms with Gasteiger partial charge in [-0.15, -0.1) is 0 Å². The number of rotatable bonds is 10. The molecule has 43 heavy (non-hydrogen) atoms. The van der Waals surface area contributed by atoms with Gasteiger partial charge in [0, 0.05) is 16.1 Å². The van der Waals surface area contributed by atoms with E-state index in [0.717, 1.165) is 47.0 Å². The van der Waals surface area contributed by atoms with Crippen LogP contribution in [0, 0.1) is 5.92 Å². The second-order valence-electron chi connectivity index (χ2n) is 12.6. The number of carbonyl (C=O) groups excluding carboxylic acids is 1. The van der Waals surface area contributed by atoms with Crippen molar-refractivity contribution in [2.45, 2.75) is 77.2 Å². The topological polar surface area (TPSA) is 88.5 Å². The van der Waals surface area contributed by atoms with Gasteiger partial charge in [0.25, 0.3) is 5.91 Å². The van der Waals surface area contributed by atoms with Crippen LogP contribution < -0.4 is 10.1 Å². The molecule has 3 aromatic carbocycles. The lowest BCUT2D eigenvalue weighted by Crippen LogP contribution is -2.41. The molecule has 1 atom stereocenters. The van der Waals surface area contributed by atoms with Crippen molar-refractivity contribution in [3.63, 3.8) is 0 Å². The quantitative estimate of drug-likeness (QED) is 0.191. The van der Waals surface area contributed by atoms with Crippen LogP contribution in [0.5, 0.6) is 11.5 Å². The van der Waals surface area contributed by atoms with Crippen molar-refractivity contribution in [3.8, 4) is 11.5 Å². The number of aryl methyl sites for hydroxylation is 1. The second-order valence-corrected chi connectivity index (χ2v) is 13.0. The standard InChI is InChI=1S/C36H39ClN2O4/c1-36(2,3)26-12-17-28(18-13-26)43-29-16-11-25-21-33(38-32(30(25)22-29)20-24-6-4-5-7-24)34(40)39-31(35(41)42)19-10-23-8-14-27(37)15-9-23/h8-9,11-18,21-22,24,31H,4-7,10,19-20H2,1-3H3,(H,39,40)(H,41,42). The minimum absolute atomic E-state index is 0.0630. The van der Waals surface area contributed by atoms with E-state index < -0.39 is 17.9 Å². The summed E-state index contributed by atoms with van der Waals surface area (Å²) >= 11 is 5.97. The number of benzene rings is 3. The van der Waals surface area contributed by atoms with Crippen molar-refractivity contribution in [3.05, 3.63) is 100 Å². The molecule has 1 fully saturated rings. The molecule has 0 spiro atoms. The molecule has 0 aliphatic heterocycles. The number of carboxylic acids is 1. The number of hydrogen-bond donors (Lipinski definition) is 2. The van der Waals surface area contributed by atoms with Crippen LogP contribution in [-0.4, -0.2) is 28.0 Å². The van der Waals surface area contributed by atoms with Gasteiger partial charge in [-0.3, -0.25) is 4.79 Å². The summed E-state index contributed by atoms with van der Waals surface area (Å²) in [6.45, 7) is 6.55. The fourth-order valence-electron chi connectivity index (χ4n) is 5.73. The molecule has 1 aromatic heterocycles. The first-order valence-electron chi connectivity index (χ1n) is 15.1. The van der Waals surface area contributed by atoms with Crippen LogP contribution in [0.1, 0.15) is 80.2 Å². The Morgan fingerprint density at radius 2 is 1.65 bits per heavy atom. The number of amides is 1. The highest BCUT2D eigenvalue weighted by Gasteiger charge is 2.24. The van der Waals surface area contributed by atoms with Crippen LogP contribution in [0.4, 0.5) is 0 Å². The Morgan fingerprint density at radius 3 is 2.30 bits per heavy atom. The van der Waals surface area contributed by atoms with Crippen LogP contribution >= 0.6 is 11.6 Å². The first kappa shape index (κ1) is 30.6. The number of pyridine rings is 1. The van der Waals surface area contributed by atoms with E-state index in [1.165, 1.54) is 18.4 Å². The molecule has 1 aliphatic rings. The maximum absolute atomic E-state index is 13.4. The lowest BCUT2D eigenvalue weighted by Gasteiger charge is -2.19. The molecule has 1 saturated carbocycles. The van der Waals surface area contributed by atoms with Crippen LogP contribution in [0.25, 0.3) is 10.8 Å². The van der Waals surface area contributed by atoms with Gasteiger partial charge in [0.15, 0.2) is 0 Å². The number of nitrogens with one attached hydrogen (secondary N) is 1. The highest BCUT2D eigenvalue weighted by Crippen LogP contribution is 2.33. The summed E-state index contributed by atoms with van der Waals surface area (Å²) in [5.74, 6) is 0.404. The molecule has 1 unspecified atom stereocenters. The Morgan fingerprint density at radius 1 is 0.977 bits per heavy atom. The molecule has 1 aliphatic carbocycles. The van der Waals surface area contributed by atoms with E-state index in [1.54, 1.807) is 18.2 Å². The number of aromatic nitrogens is 1. The largest absolute Gasteiger partial charge is 0.480 e. The molecule has 0 radical (unpaired) electrons. The molecule has 5 rings (SSSR count). The molecule has 4 aromatic rings. The van der Waals surface area contributed by atoms with E-state index in [2.05, 4.69) is 38.2 Å². The van der Waals surface area contributed by atoms with Crippen molar-refractivity contribution in [1.82, 2.24) is 10.3 Å². The minimum Gasteiger partial charge on any atom is -0.480 e. The third-order valence-corrected chi connectivity index (χ3v) is 8.52. The zero-order valence-electron chi connectivity index (χ0n) is 25.0. The SMILES string of the molecule is CC(C)(C)c1ccc(Oc2ccc3cc(C(=O)NC(CCc4ccc(Cl)cc4)C(=O)O)nc(CC4CCCC4)c3c2)cc1. The first-order chi connectivity index (χ1) is 20.5. The highest BCUT2D eigenvalue weighted by molar-refractivity contribution is 6.30. The fraction of sp³-hybridized carbons (Fsp3) is 0.361. The summed E-state index contributed by atoms with van der Waals surface area (Å²) in [7, 11) is 0. The highest BCUT2D eigenvalue weighted by atomic mass is 35.5. The zero-order valence-corrected chi connectivity index (χ0v) is 25.8. The molecule has 0 saturated heterocycles. The summed E-state index contributed by atoms with van der Waals surface area (Å²) in [6.07, 6.45) is 6.20. The van der Waals surface area contributed by atoms with Gasteiger partial charge >= 0.3 is 5.97 Å². The maximum atomic E-state index is 13.4. The van der Waals surface area contributed by atoms with E-state index in [4.69, 9.17) is 21.3 Å². The van der Waals surface area contributed by atoms with E-state index in [-0.39, 0.29) is 17.5 Å². The van der Waals surface area contributed by atoms with E-state index in [0.29, 0.717) is 23.1 Å². The van der Waals surface area contributed by atoms with Gasteiger partial charge in [0.05, 0.1) is 0 Å². The summed E-state index contributed by atoms with van der Waals surface area (Å²) in [4.78, 5) is 30.2. The van der Waals surface area contributed by atoms with Crippen LogP contribution in [0.15, 0.2) is 72.8 Å². The number of carboxylic acid groups (broad SMARTS) is 1. The molecule has 1 amide bonds. The van der Waals surface area contributed by atoms with Crippen molar-refractivity contribution in [2.24, 2.45) is 5.92 Å². The Bertz CT molecular complexity index is 1590. The predicted molar refractivity (Wildman–Crippen MR) is 171 cm³/mol. The van der Waals surface area contributed by atoms with Crippen molar-refractivity contribution in [2.75, 3.05) is 0 Å². The first-order valence-corrected chi connectivity index (χ1v) is 15.4. The molecule has 2 N–H and O–H groups in total. The lowest BCUT2D eigenvalue weighted by molar-refractivity contribution is -0.139. The number of halogens is 1. The molecular weight excluding hydrogens is 560 g/mol. The average Bonchev–Trinajstić information content (AvgIpc) is 3.49. The van der Waals surface area contributed by atoms with Gasteiger partial charge in [0.1, 0.15) is 23.2 Å². The number of aliphatic carboxylic acids is 1. The van der Waals surface area contributed by atoms with Crippen molar-refractivity contribution < 1.29 is 19.4 Å². The van der Waals surface area contributed by atoms with Crippen molar-refractivity contribution in [1.29, 1.82) is 0 Å². The van der Waals surface area contributed by atoms with Gasteiger partial charge < -0.3 is 15.2 Å². The monoisotopic (exact) mass is 598 g/mol. The average molecular weight is 599 g/mol. The summed E-state index contributed by atoms with van der Waals surface area (Å²) < 4.78 is 6.23. The molecule has 6 nitrogen and oxygen atoms in total. The van der Waals surface area contributed by atoms with E-state index in [9.17, 15) is 14.7 Å². The van der Waals surface area contributed by atoms with Gasteiger partial charge in [0.2, 0.25) is 0 Å². The Balaban J connectivity index is 1.38. The fourth-order valence-corrected chi connectivity index (χ4v) is 5.86. The van der Waals surface area contributed by atoms with Gasteiger partial charge in [-0.25, -0.2) is 9.78 Å². The summed E-state index contributed by atoms with van der Waals surface area (Å²) in [5, 5.41) is 15.0. The third-order valence-electron chi connectivity index (χ3n) is 8.27.